The molecular weight excluding hydrogens is 501 g/mol. The van der Waals surface area contributed by atoms with Crippen LogP contribution in [0.4, 0.5) is 24.7 Å². The van der Waals surface area contributed by atoms with Crippen LogP contribution in [0.2, 0.25) is 0 Å². The first-order valence-corrected chi connectivity index (χ1v) is 12.1. The van der Waals surface area contributed by atoms with Crippen molar-refractivity contribution in [3.8, 4) is 22.8 Å². The first-order chi connectivity index (χ1) is 18.4. The van der Waals surface area contributed by atoms with Gasteiger partial charge in [0.25, 0.3) is 11.8 Å². The van der Waals surface area contributed by atoms with Crippen LogP contribution in [0.1, 0.15) is 29.4 Å². The van der Waals surface area contributed by atoms with E-state index in [1.807, 2.05) is 6.07 Å². The highest BCUT2D eigenvalue weighted by Crippen LogP contribution is 2.48. The molecule has 1 aliphatic carbocycles. The molecule has 1 aliphatic heterocycles. The number of carbonyl (C=O) groups excluding carboxylic acids is 1. The molecule has 4 heterocycles. The summed E-state index contributed by atoms with van der Waals surface area (Å²) in [6.45, 7) is 2.84. The Hall–Kier alpha value is -4.19. The van der Waals surface area contributed by atoms with E-state index in [0.29, 0.717) is 36.0 Å². The van der Waals surface area contributed by atoms with Crippen LogP contribution >= 0.6 is 0 Å². The first-order valence-electron chi connectivity index (χ1n) is 12.1. The van der Waals surface area contributed by atoms with E-state index in [2.05, 4.69) is 25.2 Å². The van der Waals surface area contributed by atoms with Crippen molar-refractivity contribution in [3.05, 3.63) is 66.7 Å². The van der Waals surface area contributed by atoms with Gasteiger partial charge in [-0.1, -0.05) is 0 Å². The fraction of sp³-hybridized carbons (Fsp3) is 0.308. The average molecular weight is 525 g/mol. The molecule has 9 nitrogen and oxygen atoms in total. The van der Waals surface area contributed by atoms with Crippen LogP contribution in [0.3, 0.4) is 0 Å². The number of oxazole rings is 1. The maximum Gasteiger partial charge on any atom is 0.278 e. The number of rotatable bonds is 6. The molecule has 6 rings (SSSR count). The van der Waals surface area contributed by atoms with Gasteiger partial charge in [0.2, 0.25) is 5.89 Å². The molecule has 1 saturated carbocycles. The van der Waals surface area contributed by atoms with Gasteiger partial charge in [-0.25, -0.2) is 28.1 Å². The minimum atomic E-state index is -2.76. The second-order valence-electron chi connectivity index (χ2n) is 9.27. The minimum Gasteiger partial charge on any atom is -0.442 e. The molecule has 4 aromatic rings. The van der Waals surface area contributed by atoms with E-state index in [4.69, 9.17) is 9.15 Å². The van der Waals surface area contributed by atoms with Crippen molar-refractivity contribution >= 4 is 17.4 Å². The number of alkyl halides is 2. The number of carbonyl (C=O) groups is 1. The lowest BCUT2D eigenvalue weighted by Crippen LogP contribution is -2.37. The number of nitrogens with one attached hydrogen (secondary N) is 1. The number of nitrogens with zero attached hydrogens (tertiary/aromatic N) is 5. The number of halogens is 3. The van der Waals surface area contributed by atoms with Gasteiger partial charge in [-0.2, -0.15) is 0 Å². The number of benzene rings is 1. The van der Waals surface area contributed by atoms with Crippen molar-refractivity contribution < 1.29 is 27.1 Å². The van der Waals surface area contributed by atoms with E-state index >= 15 is 0 Å². The quantitative estimate of drug-likeness (QED) is 0.387. The van der Waals surface area contributed by atoms with Gasteiger partial charge in [0, 0.05) is 37.5 Å². The van der Waals surface area contributed by atoms with Crippen LogP contribution in [0.15, 0.2) is 59.6 Å². The number of ether oxygens (including phenoxy) is 1. The summed E-state index contributed by atoms with van der Waals surface area (Å²) in [5.41, 5.74) is 2.19. The van der Waals surface area contributed by atoms with Gasteiger partial charge < -0.3 is 23.9 Å². The van der Waals surface area contributed by atoms with E-state index in [-0.39, 0.29) is 24.4 Å². The molecule has 1 amide bonds. The van der Waals surface area contributed by atoms with Crippen LogP contribution in [-0.4, -0.2) is 57.7 Å². The molecule has 3 aromatic heterocycles. The number of hydrogen-bond donors (Lipinski definition) is 1. The zero-order chi connectivity index (χ0) is 26.3. The highest BCUT2D eigenvalue weighted by atomic mass is 19.3. The predicted molar refractivity (Wildman–Crippen MR) is 132 cm³/mol. The summed E-state index contributed by atoms with van der Waals surface area (Å²) in [6.07, 6.45) is 3.61. The highest BCUT2D eigenvalue weighted by molar-refractivity contribution is 6.02. The maximum absolute atomic E-state index is 13.6. The van der Waals surface area contributed by atoms with Crippen LogP contribution in [0.25, 0.3) is 22.8 Å². The lowest BCUT2D eigenvalue weighted by molar-refractivity contribution is -0.103. The highest BCUT2D eigenvalue weighted by Gasteiger charge is 2.47. The Bertz CT molecular complexity index is 1440. The van der Waals surface area contributed by atoms with Crippen molar-refractivity contribution in [1.29, 1.82) is 0 Å². The second kappa shape index (κ2) is 9.60. The number of aromatic nitrogens is 4. The number of amides is 1. The number of imidazole rings is 1. The average Bonchev–Trinajstić information content (AvgIpc) is 3.56. The summed E-state index contributed by atoms with van der Waals surface area (Å²) >= 11 is 0. The van der Waals surface area contributed by atoms with Crippen LogP contribution in [0, 0.1) is 5.82 Å². The molecule has 2 fully saturated rings. The fourth-order valence-electron chi connectivity index (χ4n) is 4.63. The van der Waals surface area contributed by atoms with Crippen molar-refractivity contribution in [2.45, 2.75) is 24.8 Å². The molecule has 0 bridgehead atoms. The van der Waals surface area contributed by atoms with E-state index in [1.165, 1.54) is 36.9 Å². The molecule has 1 aromatic carbocycles. The standard InChI is InChI=1S/C26H23F3N6O3/c27-17-3-1-16(2-4-17)22-23(35(15-31-22)19-11-26(28,29)12-19)25-32-20(14-38-25)24(36)33-21-6-5-18(13-30-21)34-7-9-37-10-8-34/h1-6,13-15,19H,7-12H2,(H,30,33,36). The zero-order valence-corrected chi connectivity index (χ0v) is 20.1. The number of pyridine rings is 1. The van der Waals surface area contributed by atoms with Crippen molar-refractivity contribution in [1.82, 2.24) is 19.5 Å². The van der Waals surface area contributed by atoms with E-state index < -0.39 is 23.7 Å². The Balaban J connectivity index is 1.24. The Morgan fingerprint density at radius 1 is 1.05 bits per heavy atom. The number of morpholine rings is 1. The van der Waals surface area contributed by atoms with Gasteiger partial charge in [-0.05, 0) is 36.4 Å². The second-order valence-corrected chi connectivity index (χ2v) is 9.27. The number of anilines is 2. The fourth-order valence-corrected chi connectivity index (χ4v) is 4.63. The third kappa shape index (κ3) is 4.74. The van der Waals surface area contributed by atoms with E-state index in [9.17, 15) is 18.0 Å². The molecule has 1 N–H and O–H groups in total. The van der Waals surface area contributed by atoms with E-state index in [1.54, 1.807) is 16.8 Å². The minimum absolute atomic E-state index is 0.0178. The van der Waals surface area contributed by atoms with Gasteiger partial charge in [0.15, 0.2) is 5.69 Å². The van der Waals surface area contributed by atoms with Gasteiger partial charge >= 0.3 is 0 Å². The summed E-state index contributed by atoms with van der Waals surface area (Å²) < 4.78 is 53.4. The zero-order valence-electron chi connectivity index (χ0n) is 20.1. The lowest BCUT2D eigenvalue weighted by Gasteiger charge is -2.36. The molecule has 1 saturated heterocycles. The molecule has 0 spiro atoms. The largest absolute Gasteiger partial charge is 0.442 e. The first kappa shape index (κ1) is 24.2. The summed E-state index contributed by atoms with van der Waals surface area (Å²) in [4.78, 5) is 28.1. The van der Waals surface area contributed by atoms with Gasteiger partial charge in [-0.3, -0.25) is 4.79 Å². The van der Waals surface area contributed by atoms with Crippen LogP contribution in [0.5, 0.6) is 0 Å². The molecule has 38 heavy (non-hydrogen) atoms. The Labute approximate surface area is 215 Å². The molecular formula is C26H23F3N6O3. The van der Waals surface area contributed by atoms with Gasteiger partial charge in [-0.15, -0.1) is 0 Å². The number of hydrogen-bond acceptors (Lipinski definition) is 7. The monoisotopic (exact) mass is 524 g/mol. The topological polar surface area (TPSA) is 98.3 Å². The lowest BCUT2D eigenvalue weighted by atomic mass is 9.87. The van der Waals surface area contributed by atoms with Crippen molar-refractivity contribution in [2.24, 2.45) is 0 Å². The van der Waals surface area contributed by atoms with Gasteiger partial charge in [0.1, 0.15) is 29.3 Å². The SMILES string of the molecule is O=C(Nc1ccc(N2CCOCC2)cn1)c1coc(-c2c(-c3ccc(F)cc3)ncn2C2CC(F)(F)C2)n1. The summed E-state index contributed by atoms with van der Waals surface area (Å²) in [5, 5.41) is 2.69. The molecule has 196 valence electrons. The summed E-state index contributed by atoms with van der Waals surface area (Å²) in [5.74, 6) is -3.34. The molecule has 0 unspecified atom stereocenters. The maximum atomic E-state index is 13.6. The smallest absolute Gasteiger partial charge is 0.278 e. The third-order valence-electron chi connectivity index (χ3n) is 6.68. The van der Waals surface area contributed by atoms with Crippen LogP contribution in [-0.2, 0) is 4.74 Å². The predicted octanol–water partition coefficient (Wildman–Crippen LogP) is 4.80. The normalized spacial score (nSPS) is 17.3. The Morgan fingerprint density at radius 2 is 1.82 bits per heavy atom. The third-order valence-corrected chi connectivity index (χ3v) is 6.68. The Kier molecular flexibility index (Phi) is 6.10. The Morgan fingerprint density at radius 3 is 2.50 bits per heavy atom. The molecule has 12 heteroatoms. The van der Waals surface area contributed by atoms with Gasteiger partial charge in [0.05, 0.1) is 31.4 Å². The summed E-state index contributed by atoms with van der Waals surface area (Å²) in [7, 11) is 0. The summed E-state index contributed by atoms with van der Waals surface area (Å²) in [6, 6.07) is 8.67. The molecule has 0 atom stereocenters. The van der Waals surface area contributed by atoms with Crippen molar-refractivity contribution in [3.63, 3.8) is 0 Å². The van der Waals surface area contributed by atoms with Crippen molar-refractivity contribution in [2.75, 3.05) is 36.5 Å². The molecule has 2 aliphatic rings. The van der Waals surface area contributed by atoms with Crippen LogP contribution < -0.4 is 10.2 Å². The van der Waals surface area contributed by atoms with E-state index in [0.717, 1.165) is 18.8 Å². The molecule has 0 radical (unpaired) electrons.